The smallest absolute Gasteiger partial charge is 0.264 e. The van der Waals surface area contributed by atoms with E-state index >= 15 is 0 Å². The zero-order valence-corrected chi connectivity index (χ0v) is 14.1. The van der Waals surface area contributed by atoms with Crippen LogP contribution in [0.1, 0.15) is 41.9 Å². The highest BCUT2D eigenvalue weighted by Gasteiger charge is 2.34. The Morgan fingerprint density at radius 2 is 2.12 bits per heavy atom. The summed E-state index contributed by atoms with van der Waals surface area (Å²) in [5, 5.41) is 12.9. The molecule has 1 aliphatic heterocycles. The average Bonchev–Trinajstić information content (AvgIpc) is 3.29. The van der Waals surface area contributed by atoms with Gasteiger partial charge in [0.1, 0.15) is 5.69 Å². The Hall–Kier alpha value is -2.41. The summed E-state index contributed by atoms with van der Waals surface area (Å²) in [5.41, 5.74) is 3.14. The third kappa shape index (κ3) is 2.54. The minimum Gasteiger partial charge on any atom is -0.419 e. The van der Waals surface area contributed by atoms with Crippen LogP contribution in [0, 0.1) is 6.92 Å². The van der Waals surface area contributed by atoms with Crippen LogP contribution < -0.4 is 0 Å². The Balaban J connectivity index is 1.67. The molecule has 7 heteroatoms. The zero-order chi connectivity index (χ0) is 16.7. The fourth-order valence-electron chi connectivity index (χ4n) is 3.40. The summed E-state index contributed by atoms with van der Waals surface area (Å²) in [6, 6.07) is 2.04. The molecule has 0 bridgehead atoms. The van der Waals surface area contributed by atoms with Gasteiger partial charge in [0.2, 0.25) is 5.89 Å². The summed E-state index contributed by atoms with van der Waals surface area (Å²) in [4.78, 5) is 0. The van der Waals surface area contributed by atoms with Crippen LogP contribution in [0.3, 0.4) is 0 Å². The molecule has 0 aromatic carbocycles. The van der Waals surface area contributed by atoms with E-state index in [-0.39, 0.29) is 12.0 Å². The van der Waals surface area contributed by atoms with Gasteiger partial charge in [-0.3, -0.25) is 4.68 Å². The van der Waals surface area contributed by atoms with E-state index in [0.29, 0.717) is 11.8 Å². The van der Waals surface area contributed by atoms with E-state index in [1.807, 2.05) is 50.2 Å². The zero-order valence-electron chi connectivity index (χ0n) is 14.1. The second-order valence-electron chi connectivity index (χ2n) is 6.39. The molecule has 0 spiro atoms. The van der Waals surface area contributed by atoms with Crippen molar-refractivity contribution in [2.24, 2.45) is 14.1 Å². The molecule has 0 saturated carbocycles. The lowest BCUT2D eigenvalue weighted by Gasteiger charge is -2.28. The van der Waals surface area contributed by atoms with Gasteiger partial charge in [0.25, 0.3) is 5.89 Å². The highest BCUT2D eigenvalue weighted by molar-refractivity contribution is 5.53. The summed E-state index contributed by atoms with van der Waals surface area (Å²) in [5.74, 6) is 1.26. The Kier molecular flexibility index (Phi) is 3.72. The highest BCUT2D eigenvalue weighted by atomic mass is 16.5. The highest BCUT2D eigenvalue weighted by Crippen LogP contribution is 2.40. The van der Waals surface area contributed by atoms with Gasteiger partial charge in [-0.25, -0.2) is 0 Å². The molecule has 3 aromatic heterocycles. The Labute approximate surface area is 140 Å². The van der Waals surface area contributed by atoms with Gasteiger partial charge in [0.15, 0.2) is 0 Å². The predicted molar refractivity (Wildman–Crippen MR) is 87.3 cm³/mol. The van der Waals surface area contributed by atoms with Crippen LogP contribution in [0.2, 0.25) is 0 Å². The summed E-state index contributed by atoms with van der Waals surface area (Å²) in [6.45, 7) is 2.79. The van der Waals surface area contributed by atoms with Crippen molar-refractivity contribution in [1.29, 1.82) is 0 Å². The first-order chi connectivity index (χ1) is 11.6. The second-order valence-corrected chi connectivity index (χ2v) is 6.39. The minimum atomic E-state index is -0.0877. The quantitative estimate of drug-likeness (QED) is 0.740. The normalized spacial score (nSPS) is 21.3. The van der Waals surface area contributed by atoms with E-state index in [0.717, 1.165) is 36.3 Å². The fraction of sp³-hybridized carbons (Fsp3) is 0.471. The summed E-state index contributed by atoms with van der Waals surface area (Å²) >= 11 is 0. The third-order valence-electron chi connectivity index (χ3n) is 4.61. The molecule has 0 N–H and O–H groups in total. The van der Waals surface area contributed by atoms with Crippen LogP contribution in [0.5, 0.6) is 0 Å². The lowest BCUT2D eigenvalue weighted by atomic mass is 9.91. The van der Waals surface area contributed by atoms with Crippen LogP contribution in [0.4, 0.5) is 0 Å². The third-order valence-corrected chi connectivity index (χ3v) is 4.61. The van der Waals surface area contributed by atoms with Crippen molar-refractivity contribution in [2.75, 3.05) is 6.61 Å². The first kappa shape index (κ1) is 15.1. The maximum Gasteiger partial charge on any atom is 0.264 e. The Bertz CT molecular complexity index is 827. The van der Waals surface area contributed by atoms with Crippen LogP contribution >= 0.6 is 0 Å². The summed E-state index contributed by atoms with van der Waals surface area (Å²) in [6.07, 6.45) is 7.70. The molecule has 0 amide bonds. The number of rotatable bonds is 3. The van der Waals surface area contributed by atoms with E-state index in [4.69, 9.17) is 9.15 Å². The lowest BCUT2D eigenvalue weighted by Crippen LogP contribution is -2.21. The first-order valence-corrected chi connectivity index (χ1v) is 8.19. The van der Waals surface area contributed by atoms with Crippen LogP contribution in [-0.2, 0) is 18.8 Å². The van der Waals surface area contributed by atoms with Gasteiger partial charge < -0.3 is 13.7 Å². The van der Waals surface area contributed by atoms with Crippen molar-refractivity contribution < 1.29 is 9.15 Å². The van der Waals surface area contributed by atoms with Crippen molar-refractivity contribution in [3.05, 3.63) is 41.7 Å². The van der Waals surface area contributed by atoms with Gasteiger partial charge >= 0.3 is 0 Å². The van der Waals surface area contributed by atoms with E-state index in [1.54, 1.807) is 4.68 Å². The molecule has 4 rings (SSSR count). The minimum absolute atomic E-state index is 0.0600. The van der Waals surface area contributed by atoms with E-state index in [2.05, 4.69) is 15.3 Å². The molecule has 1 aliphatic rings. The SMILES string of the molecule is Cc1ccn(C)c1-c1nnc([C@@H]2CCCO[C@H]2c2cnn(C)c2)o1. The molecule has 3 aromatic rings. The topological polar surface area (TPSA) is 70.9 Å². The number of aromatic nitrogens is 5. The maximum atomic E-state index is 6.04. The largest absolute Gasteiger partial charge is 0.419 e. The van der Waals surface area contributed by atoms with Gasteiger partial charge in [-0.15, -0.1) is 10.2 Å². The van der Waals surface area contributed by atoms with Crippen LogP contribution in [0.15, 0.2) is 29.1 Å². The van der Waals surface area contributed by atoms with Crippen molar-refractivity contribution in [3.8, 4) is 11.6 Å². The Morgan fingerprint density at radius 3 is 2.83 bits per heavy atom. The maximum absolute atomic E-state index is 6.04. The standard InChI is InChI=1S/C17H21N5O2/c1-11-6-7-21(2)14(11)17-20-19-16(24-17)13-5-4-8-23-15(13)12-9-18-22(3)10-12/h6-7,9-10,13,15H,4-5,8H2,1-3H3/t13-,15+/m1/s1. The molecule has 126 valence electrons. The second kappa shape index (κ2) is 5.90. The van der Waals surface area contributed by atoms with Crippen molar-refractivity contribution in [3.63, 3.8) is 0 Å². The van der Waals surface area contributed by atoms with Gasteiger partial charge in [0.05, 0.1) is 18.2 Å². The first-order valence-electron chi connectivity index (χ1n) is 8.19. The number of nitrogens with zero attached hydrogens (tertiary/aromatic N) is 5. The molecule has 2 atom stereocenters. The summed E-state index contributed by atoms with van der Waals surface area (Å²) in [7, 11) is 3.89. The Morgan fingerprint density at radius 1 is 1.25 bits per heavy atom. The number of hydrogen-bond donors (Lipinski definition) is 0. The predicted octanol–water partition coefficient (Wildman–Crippen LogP) is 2.75. The van der Waals surface area contributed by atoms with Crippen molar-refractivity contribution in [1.82, 2.24) is 24.5 Å². The van der Waals surface area contributed by atoms with Gasteiger partial charge in [-0.05, 0) is 31.4 Å². The van der Waals surface area contributed by atoms with E-state index in [1.165, 1.54) is 0 Å². The van der Waals surface area contributed by atoms with E-state index < -0.39 is 0 Å². The molecule has 1 fully saturated rings. The average molecular weight is 327 g/mol. The molecule has 4 heterocycles. The van der Waals surface area contributed by atoms with Crippen LogP contribution in [-0.4, -0.2) is 31.2 Å². The molecule has 0 aliphatic carbocycles. The van der Waals surface area contributed by atoms with Crippen molar-refractivity contribution in [2.45, 2.75) is 31.8 Å². The number of hydrogen-bond acceptors (Lipinski definition) is 5. The van der Waals surface area contributed by atoms with Gasteiger partial charge in [-0.1, -0.05) is 0 Å². The van der Waals surface area contributed by atoms with Gasteiger partial charge in [0, 0.05) is 38.7 Å². The molecular formula is C17H21N5O2. The molecule has 24 heavy (non-hydrogen) atoms. The lowest BCUT2D eigenvalue weighted by molar-refractivity contribution is -0.00891. The number of aryl methyl sites for hydroxylation is 3. The molecule has 7 nitrogen and oxygen atoms in total. The molecule has 0 unspecified atom stereocenters. The fourth-order valence-corrected chi connectivity index (χ4v) is 3.40. The van der Waals surface area contributed by atoms with Crippen LogP contribution in [0.25, 0.3) is 11.6 Å². The van der Waals surface area contributed by atoms with E-state index in [9.17, 15) is 0 Å². The van der Waals surface area contributed by atoms with Gasteiger partial charge in [-0.2, -0.15) is 5.10 Å². The van der Waals surface area contributed by atoms with Crippen molar-refractivity contribution >= 4 is 0 Å². The molecular weight excluding hydrogens is 306 g/mol. The molecule has 0 radical (unpaired) electrons. The monoisotopic (exact) mass is 327 g/mol. The number of ether oxygens (including phenoxy) is 1. The summed E-state index contributed by atoms with van der Waals surface area (Å²) < 4.78 is 15.8. The molecule has 1 saturated heterocycles.